The van der Waals surface area contributed by atoms with Crippen LogP contribution in [0.25, 0.3) is 11.0 Å². The summed E-state index contributed by atoms with van der Waals surface area (Å²) in [6.45, 7) is 0.424. The largest absolute Gasteiger partial charge is 0.331 e. The van der Waals surface area contributed by atoms with Gasteiger partial charge in [0.15, 0.2) is 4.77 Å². The van der Waals surface area contributed by atoms with E-state index >= 15 is 0 Å². The lowest BCUT2D eigenvalue weighted by Gasteiger charge is -2.06. The fourth-order valence-electron chi connectivity index (χ4n) is 2.09. The molecule has 0 saturated carbocycles. The van der Waals surface area contributed by atoms with Gasteiger partial charge in [-0.3, -0.25) is 0 Å². The lowest BCUT2D eigenvalue weighted by atomic mass is 10.2. The third-order valence-corrected chi connectivity index (χ3v) is 3.84. The summed E-state index contributed by atoms with van der Waals surface area (Å²) >= 11 is 8.73. The molecule has 1 N–H and O–H groups in total. The fourth-order valence-corrected chi connectivity index (χ4v) is 2.72. The van der Waals surface area contributed by atoms with Crippen LogP contribution in [0.3, 0.4) is 0 Å². The van der Waals surface area contributed by atoms with Crippen molar-refractivity contribution in [2.45, 2.75) is 6.54 Å². The standard InChI is InChI=1S/C14H10BrFN2S/c15-10-5-6-13-12(7-10)17-14(19)18(13)8-9-3-1-2-4-11(9)16/h1-7H,8H2,(H,17,19). The first-order valence-corrected chi connectivity index (χ1v) is 6.97. The Balaban J connectivity index is 2.13. The first-order valence-electron chi connectivity index (χ1n) is 5.76. The van der Waals surface area contributed by atoms with E-state index in [0.29, 0.717) is 16.9 Å². The molecule has 0 spiro atoms. The lowest BCUT2D eigenvalue weighted by Crippen LogP contribution is -2.01. The van der Waals surface area contributed by atoms with Crippen LogP contribution < -0.4 is 0 Å². The Morgan fingerprint density at radius 2 is 2.00 bits per heavy atom. The second-order valence-electron chi connectivity index (χ2n) is 4.27. The molecule has 0 aliphatic rings. The molecule has 0 atom stereocenters. The molecule has 3 aromatic rings. The van der Waals surface area contributed by atoms with E-state index < -0.39 is 0 Å². The van der Waals surface area contributed by atoms with Crippen molar-refractivity contribution in [3.63, 3.8) is 0 Å². The lowest BCUT2D eigenvalue weighted by molar-refractivity contribution is 0.600. The minimum Gasteiger partial charge on any atom is -0.331 e. The summed E-state index contributed by atoms with van der Waals surface area (Å²) in [6.07, 6.45) is 0. The first-order chi connectivity index (χ1) is 9.15. The summed E-state index contributed by atoms with van der Waals surface area (Å²) < 4.78 is 17.2. The molecule has 0 fully saturated rings. The third-order valence-electron chi connectivity index (χ3n) is 3.02. The maximum atomic E-state index is 13.7. The molecule has 96 valence electrons. The summed E-state index contributed by atoms with van der Waals surface area (Å²) in [6, 6.07) is 12.6. The third kappa shape index (κ3) is 2.35. The van der Waals surface area contributed by atoms with E-state index in [9.17, 15) is 4.39 Å². The van der Waals surface area contributed by atoms with Crippen molar-refractivity contribution >= 4 is 39.2 Å². The Kier molecular flexibility index (Phi) is 3.24. The number of hydrogen-bond acceptors (Lipinski definition) is 1. The van der Waals surface area contributed by atoms with Crippen molar-refractivity contribution in [1.82, 2.24) is 9.55 Å². The minimum absolute atomic E-state index is 0.212. The number of nitrogens with one attached hydrogen (secondary N) is 1. The molecular formula is C14H10BrFN2S. The van der Waals surface area contributed by atoms with Crippen molar-refractivity contribution in [2.24, 2.45) is 0 Å². The van der Waals surface area contributed by atoms with E-state index in [1.54, 1.807) is 12.1 Å². The average molecular weight is 337 g/mol. The molecule has 0 bridgehead atoms. The number of imidazole rings is 1. The van der Waals surface area contributed by atoms with Crippen molar-refractivity contribution in [2.75, 3.05) is 0 Å². The second-order valence-corrected chi connectivity index (χ2v) is 5.57. The zero-order valence-corrected chi connectivity index (χ0v) is 12.3. The van der Waals surface area contributed by atoms with Gasteiger partial charge < -0.3 is 9.55 Å². The van der Waals surface area contributed by atoms with Gasteiger partial charge in [0.05, 0.1) is 17.6 Å². The molecule has 3 rings (SSSR count). The monoisotopic (exact) mass is 336 g/mol. The quantitative estimate of drug-likeness (QED) is 0.675. The van der Waals surface area contributed by atoms with Crippen LogP contribution in [0.15, 0.2) is 46.9 Å². The Morgan fingerprint density at radius 3 is 2.79 bits per heavy atom. The van der Waals surface area contributed by atoms with Crippen LogP contribution in [-0.2, 0) is 6.54 Å². The van der Waals surface area contributed by atoms with Gasteiger partial charge in [-0.2, -0.15) is 0 Å². The van der Waals surface area contributed by atoms with Crippen LogP contribution in [0, 0.1) is 10.6 Å². The average Bonchev–Trinajstić information content (AvgIpc) is 2.68. The number of H-pyrrole nitrogens is 1. The van der Waals surface area contributed by atoms with Gasteiger partial charge >= 0.3 is 0 Å². The highest BCUT2D eigenvalue weighted by Gasteiger charge is 2.07. The van der Waals surface area contributed by atoms with E-state index in [4.69, 9.17) is 12.2 Å². The number of nitrogens with zero attached hydrogens (tertiary/aromatic N) is 1. The summed E-state index contributed by atoms with van der Waals surface area (Å²) in [5, 5.41) is 0. The molecule has 2 aromatic carbocycles. The highest BCUT2D eigenvalue weighted by molar-refractivity contribution is 9.10. The molecule has 5 heteroatoms. The van der Waals surface area contributed by atoms with Gasteiger partial charge in [0, 0.05) is 10.0 Å². The molecule has 1 aromatic heterocycles. The predicted molar refractivity (Wildman–Crippen MR) is 80.3 cm³/mol. The topological polar surface area (TPSA) is 20.7 Å². The maximum Gasteiger partial charge on any atom is 0.178 e. The maximum absolute atomic E-state index is 13.7. The van der Waals surface area contributed by atoms with Crippen LogP contribution in [-0.4, -0.2) is 9.55 Å². The molecule has 0 unspecified atom stereocenters. The molecule has 0 aliphatic heterocycles. The summed E-state index contributed by atoms with van der Waals surface area (Å²) in [7, 11) is 0. The normalized spacial score (nSPS) is 11.1. The van der Waals surface area contributed by atoms with E-state index in [-0.39, 0.29) is 5.82 Å². The van der Waals surface area contributed by atoms with Crippen LogP contribution in [0.2, 0.25) is 0 Å². The number of aromatic nitrogens is 2. The van der Waals surface area contributed by atoms with Gasteiger partial charge in [-0.1, -0.05) is 34.1 Å². The molecule has 19 heavy (non-hydrogen) atoms. The van der Waals surface area contributed by atoms with Gasteiger partial charge in [0.1, 0.15) is 5.82 Å². The number of aromatic amines is 1. The van der Waals surface area contributed by atoms with Gasteiger partial charge in [-0.15, -0.1) is 0 Å². The van der Waals surface area contributed by atoms with Crippen molar-refractivity contribution in [1.29, 1.82) is 0 Å². The zero-order valence-electron chi connectivity index (χ0n) is 9.86. The highest BCUT2D eigenvalue weighted by Crippen LogP contribution is 2.21. The number of halogens is 2. The summed E-state index contributed by atoms with van der Waals surface area (Å²) in [4.78, 5) is 3.13. The molecule has 0 saturated heterocycles. The van der Waals surface area contributed by atoms with E-state index in [1.807, 2.05) is 28.8 Å². The molecule has 0 amide bonds. The van der Waals surface area contributed by atoms with Crippen molar-refractivity contribution in [3.8, 4) is 0 Å². The van der Waals surface area contributed by atoms with Crippen LogP contribution >= 0.6 is 28.1 Å². The Labute approximate surface area is 123 Å². The van der Waals surface area contributed by atoms with Gasteiger partial charge in [0.2, 0.25) is 0 Å². The predicted octanol–water partition coefficient (Wildman–Crippen LogP) is 4.65. The fraction of sp³-hybridized carbons (Fsp3) is 0.0714. The minimum atomic E-state index is -0.212. The number of benzene rings is 2. The van der Waals surface area contributed by atoms with E-state index in [0.717, 1.165) is 15.5 Å². The van der Waals surface area contributed by atoms with Crippen LogP contribution in [0.4, 0.5) is 4.39 Å². The van der Waals surface area contributed by atoms with Crippen LogP contribution in [0.5, 0.6) is 0 Å². The van der Waals surface area contributed by atoms with Crippen molar-refractivity contribution < 1.29 is 4.39 Å². The molecule has 0 radical (unpaired) electrons. The van der Waals surface area contributed by atoms with Gasteiger partial charge in [0.25, 0.3) is 0 Å². The van der Waals surface area contributed by atoms with Crippen LogP contribution in [0.1, 0.15) is 5.56 Å². The van der Waals surface area contributed by atoms with Crippen molar-refractivity contribution in [3.05, 3.63) is 63.1 Å². The van der Waals surface area contributed by atoms with E-state index in [1.165, 1.54) is 6.07 Å². The summed E-state index contributed by atoms with van der Waals surface area (Å²) in [5.41, 5.74) is 2.54. The Bertz CT molecular complexity index is 807. The molecule has 2 nitrogen and oxygen atoms in total. The number of fused-ring (bicyclic) bond motifs is 1. The van der Waals surface area contributed by atoms with Gasteiger partial charge in [-0.25, -0.2) is 4.39 Å². The highest BCUT2D eigenvalue weighted by atomic mass is 79.9. The number of rotatable bonds is 2. The molecule has 0 aliphatic carbocycles. The smallest absolute Gasteiger partial charge is 0.178 e. The zero-order chi connectivity index (χ0) is 13.4. The number of hydrogen-bond donors (Lipinski definition) is 1. The second kappa shape index (κ2) is 4.90. The SMILES string of the molecule is Fc1ccccc1Cn1c(=S)[nH]c2cc(Br)ccc21. The van der Waals surface area contributed by atoms with E-state index in [2.05, 4.69) is 20.9 Å². The molecular weight excluding hydrogens is 327 g/mol. The Morgan fingerprint density at radius 1 is 1.21 bits per heavy atom. The Hall–Kier alpha value is -1.46. The molecule has 1 heterocycles. The van der Waals surface area contributed by atoms with Gasteiger partial charge in [-0.05, 0) is 36.5 Å². The first kappa shape index (κ1) is 12.6. The summed E-state index contributed by atoms with van der Waals surface area (Å²) in [5.74, 6) is -0.212.